The van der Waals surface area contributed by atoms with Gasteiger partial charge in [0.1, 0.15) is 11.6 Å². The molecule has 0 unspecified atom stereocenters. The molecule has 2 aromatic carbocycles. The van der Waals surface area contributed by atoms with E-state index < -0.39 is 0 Å². The van der Waals surface area contributed by atoms with E-state index in [2.05, 4.69) is 26.6 Å². The van der Waals surface area contributed by atoms with E-state index in [9.17, 15) is 9.59 Å². The van der Waals surface area contributed by atoms with E-state index >= 15 is 0 Å². The second-order valence-corrected chi connectivity index (χ2v) is 8.66. The fourth-order valence-corrected chi connectivity index (χ4v) is 4.20. The van der Waals surface area contributed by atoms with Crippen LogP contribution < -0.4 is 20.3 Å². The average molecular weight is 459 g/mol. The summed E-state index contributed by atoms with van der Waals surface area (Å²) in [4.78, 5) is 32.2. The number of methoxy groups -OCH3 is 1. The smallest absolute Gasteiger partial charge is 0.255 e. The van der Waals surface area contributed by atoms with Gasteiger partial charge in [-0.2, -0.15) is 0 Å². The molecular weight excluding hydrogens is 428 g/mol. The average Bonchev–Trinajstić information content (AvgIpc) is 2.86. The van der Waals surface area contributed by atoms with Crippen molar-refractivity contribution in [3.05, 3.63) is 77.5 Å². The minimum absolute atomic E-state index is 0.0449. The molecule has 1 saturated heterocycles. The van der Waals surface area contributed by atoms with Crippen molar-refractivity contribution in [1.29, 1.82) is 0 Å². The van der Waals surface area contributed by atoms with E-state index in [1.807, 2.05) is 44.2 Å². The van der Waals surface area contributed by atoms with Gasteiger partial charge in [0.15, 0.2) is 0 Å². The van der Waals surface area contributed by atoms with Gasteiger partial charge in [-0.25, -0.2) is 4.98 Å². The number of aromatic nitrogens is 1. The van der Waals surface area contributed by atoms with Crippen molar-refractivity contribution in [2.45, 2.75) is 26.7 Å². The van der Waals surface area contributed by atoms with Crippen LogP contribution >= 0.6 is 0 Å². The van der Waals surface area contributed by atoms with Crippen LogP contribution in [-0.4, -0.2) is 37.0 Å². The van der Waals surface area contributed by atoms with E-state index in [0.717, 1.165) is 29.9 Å². The van der Waals surface area contributed by atoms with Crippen molar-refractivity contribution in [2.75, 3.05) is 35.7 Å². The number of carbonyl (C=O) groups is 2. The van der Waals surface area contributed by atoms with Crippen molar-refractivity contribution in [2.24, 2.45) is 5.92 Å². The van der Waals surface area contributed by atoms with Crippen LogP contribution in [0.1, 0.15) is 34.3 Å². The van der Waals surface area contributed by atoms with Crippen LogP contribution in [0.25, 0.3) is 0 Å². The number of ether oxygens (including phenoxy) is 1. The minimum atomic E-state index is -0.209. The van der Waals surface area contributed by atoms with Crippen LogP contribution in [0.5, 0.6) is 5.75 Å². The van der Waals surface area contributed by atoms with Gasteiger partial charge in [-0.05, 0) is 62.6 Å². The number of nitrogens with one attached hydrogen (secondary N) is 2. The zero-order chi connectivity index (χ0) is 24.1. The molecular formula is C27H30N4O3. The standard InChI is InChI=1S/C27H30N4O3/c1-18-7-8-24(19(2)15-18)30-26(32)20-10-13-31(14-11-20)25-16-21(9-12-28-25)27(33)29-22-5-4-6-23(17-22)34-3/h4-9,12,15-17,20H,10-11,13-14H2,1-3H3,(H,29,33)(H,30,32). The number of carbonyl (C=O) groups excluding carboxylic acids is 2. The van der Waals surface area contributed by atoms with Crippen LogP contribution in [0.4, 0.5) is 17.2 Å². The maximum absolute atomic E-state index is 12.8. The number of hydrogen-bond acceptors (Lipinski definition) is 5. The van der Waals surface area contributed by atoms with Gasteiger partial charge in [-0.3, -0.25) is 9.59 Å². The van der Waals surface area contributed by atoms with Crippen LogP contribution in [0.2, 0.25) is 0 Å². The number of nitrogens with zero attached hydrogens (tertiary/aromatic N) is 2. The summed E-state index contributed by atoms with van der Waals surface area (Å²) in [6, 6.07) is 16.8. The summed E-state index contributed by atoms with van der Waals surface area (Å²) in [6.07, 6.45) is 3.12. The lowest BCUT2D eigenvalue weighted by atomic mass is 9.95. The Bertz CT molecular complexity index is 1190. The molecule has 0 spiro atoms. The molecule has 1 aliphatic heterocycles. The third-order valence-corrected chi connectivity index (χ3v) is 6.16. The molecule has 3 aromatic rings. The molecule has 1 aromatic heterocycles. The fraction of sp³-hybridized carbons (Fsp3) is 0.296. The lowest BCUT2D eigenvalue weighted by Gasteiger charge is -2.32. The van der Waals surface area contributed by atoms with Crippen molar-refractivity contribution in [3.63, 3.8) is 0 Å². The molecule has 2 heterocycles. The zero-order valence-electron chi connectivity index (χ0n) is 19.8. The molecule has 2 amide bonds. The third kappa shape index (κ3) is 5.54. The topological polar surface area (TPSA) is 83.6 Å². The van der Waals surface area contributed by atoms with Crippen molar-refractivity contribution in [1.82, 2.24) is 4.98 Å². The molecule has 34 heavy (non-hydrogen) atoms. The van der Waals surface area contributed by atoms with E-state index in [1.54, 1.807) is 31.5 Å². The lowest BCUT2D eigenvalue weighted by molar-refractivity contribution is -0.120. The predicted molar refractivity (Wildman–Crippen MR) is 135 cm³/mol. The first kappa shape index (κ1) is 23.3. The summed E-state index contributed by atoms with van der Waals surface area (Å²) >= 11 is 0. The van der Waals surface area contributed by atoms with E-state index in [0.29, 0.717) is 30.1 Å². The van der Waals surface area contributed by atoms with Gasteiger partial charge >= 0.3 is 0 Å². The van der Waals surface area contributed by atoms with Gasteiger partial charge in [0.05, 0.1) is 7.11 Å². The highest BCUT2D eigenvalue weighted by Gasteiger charge is 2.26. The van der Waals surface area contributed by atoms with Crippen molar-refractivity contribution in [3.8, 4) is 5.75 Å². The second-order valence-electron chi connectivity index (χ2n) is 8.66. The van der Waals surface area contributed by atoms with Gasteiger partial charge < -0.3 is 20.3 Å². The normalized spacial score (nSPS) is 13.9. The molecule has 0 aliphatic carbocycles. The number of anilines is 3. The Morgan fingerprint density at radius 3 is 2.53 bits per heavy atom. The van der Waals surface area contributed by atoms with E-state index in [-0.39, 0.29) is 17.7 Å². The van der Waals surface area contributed by atoms with Gasteiger partial charge in [-0.15, -0.1) is 0 Å². The fourth-order valence-electron chi connectivity index (χ4n) is 4.20. The van der Waals surface area contributed by atoms with E-state index in [4.69, 9.17) is 4.74 Å². The van der Waals surface area contributed by atoms with Crippen LogP contribution in [0, 0.1) is 19.8 Å². The molecule has 0 atom stereocenters. The van der Waals surface area contributed by atoms with E-state index in [1.165, 1.54) is 5.56 Å². The van der Waals surface area contributed by atoms with Crippen molar-refractivity contribution >= 4 is 29.0 Å². The maximum atomic E-state index is 12.8. The zero-order valence-corrected chi connectivity index (χ0v) is 19.8. The Balaban J connectivity index is 1.35. The van der Waals surface area contributed by atoms with Crippen LogP contribution in [0.3, 0.4) is 0 Å². The number of hydrogen-bond donors (Lipinski definition) is 2. The summed E-state index contributed by atoms with van der Waals surface area (Å²) in [6.45, 7) is 5.46. The number of pyridine rings is 1. The first-order chi connectivity index (χ1) is 16.4. The summed E-state index contributed by atoms with van der Waals surface area (Å²) in [7, 11) is 1.59. The van der Waals surface area contributed by atoms with Crippen molar-refractivity contribution < 1.29 is 14.3 Å². The Labute approximate surface area is 200 Å². The molecule has 0 radical (unpaired) electrons. The maximum Gasteiger partial charge on any atom is 0.255 e. The quantitative estimate of drug-likeness (QED) is 0.554. The number of benzene rings is 2. The van der Waals surface area contributed by atoms with Gasteiger partial charge in [-0.1, -0.05) is 23.8 Å². The Morgan fingerprint density at radius 1 is 1.00 bits per heavy atom. The Hall–Kier alpha value is -3.87. The number of amides is 2. The SMILES string of the molecule is COc1cccc(NC(=O)c2ccnc(N3CCC(C(=O)Nc4ccc(C)cc4C)CC3)c2)c1. The monoisotopic (exact) mass is 458 g/mol. The summed E-state index contributed by atoms with van der Waals surface area (Å²) in [5.74, 6) is 1.23. The molecule has 2 N–H and O–H groups in total. The van der Waals surface area contributed by atoms with Gasteiger partial charge in [0, 0.05) is 48.2 Å². The predicted octanol–water partition coefficient (Wildman–Crippen LogP) is 4.81. The summed E-state index contributed by atoms with van der Waals surface area (Å²) in [5, 5.41) is 5.98. The molecule has 4 rings (SSSR count). The molecule has 7 nitrogen and oxygen atoms in total. The van der Waals surface area contributed by atoms with Gasteiger partial charge in [0.25, 0.3) is 5.91 Å². The lowest BCUT2D eigenvalue weighted by Crippen LogP contribution is -2.38. The minimum Gasteiger partial charge on any atom is -0.497 e. The first-order valence-corrected chi connectivity index (χ1v) is 11.5. The van der Waals surface area contributed by atoms with Crippen LogP contribution in [-0.2, 0) is 4.79 Å². The van der Waals surface area contributed by atoms with Gasteiger partial charge in [0.2, 0.25) is 5.91 Å². The Morgan fingerprint density at radius 2 is 1.79 bits per heavy atom. The number of aryl methyl sites for hydroxylation is 2. The Kier molecular flexibility index (Phi) is 7.11. The van der Waals surface area contributed by atoms with Crippen LogP contribution in [0.15, 0.2) is 60.8 Å². The molecule has 1 fully saturated rings. The highest BCUT2D eigenvalue weighted by Crippen LogP contribution is 2.25. The molecule has 1 aliphatic rings. The molecule has 7 heteroatoms. The molecule has 0 bridgehead atoms. The largest absolute Gasteiger partial charge is 0.497 e. The molecule has 0 saturated carbocycles. The number of piperidine rings is 1. The third-order valence-electron chi connectivity index (χ3n) is 6.16. The number of rotatable bonds is 6. The second kappa shape index (κ2) is 10.4. The highest BCUT2D eigenvalue weighted by molar-refractivity contribution is 6.04. The highest BCUT2D eigenvalue weighted by atomic mass is 16.5. The molecule has 176 valence electrons. The summed E-state index contributed by atoms with van der Waals surface area (Å²) in [5.41, 5.74) is 4.31. The summed E-state index contributed by atoms with van der Waals surface area (Å²) < 4.78 is 5.21. The first-order valence-electron chi connectivity index (χ1n) is 11.5.